The summed E-state index contributed by atoms with van der Waals surface area (Å²) in [6, 6.07) is 8.74. The minimum absolute atomic E-state index is 0.275. The van der Waals surface area contributed by atoms with Crippen molar-refractivity contribution in [3.8, 4) is 17.2 Å². The van der Waals surface area contributed by atoms with Gasteiger partial charge in [-0.25, -0.2) is 0 Å². The van der Waals surface area contributed by atoms with Crippen LogP contribution in [0.5, 0.6) is 17.2 Å². The van der Waals surface area contributed by atoms with Crippen LogP contribution in [-0.4, -0.2) is 32.2 Å². The number of ether oxygens (including phenoxy) is 3. The Morgan fingerprint density at radius 2 is 1.73 bits per heavy atom. The molecule has 1 aromatic carbocycles. The van der Waals surface area contributed by atoms with Gasteiger partial charge in [0.1, 0.15) is 5.75 Å². The van der Waals surface area contributed by atoms with Crippen LogP contribution >= 0.6 is 0 Å². The highest BCUT2D eigenvalue weighted by Gasteiger charge is 2.17. The number of rotatable bonds is 6. The Hall–Kier alpha value is -2.76. The van der Waals surface area contributed by atoms with E-state index in [9.17, 15) is 4.79 Å². The molecule has 6 heteroatoms. The number of aromatic nitrogens is 1. The summed E-state index contributed by atoms with van der Waals surface area (Å²) in [5, 5.41) is 2.80. The zero-order valence-corrected chi connectivity index (χ0v) is 12.8. The molecule has 116 valence electrons. The minimum atomic E-state index is -0.275. The molecule has 22 heavy (non-hydrogen) atoms. The van der Waals surface area contributed by atoms with E-state index >= 15 is 0 Å². The molecule has 0 saturated heterocycles. The van der Waals surface area contributed by atoms with Crippen LogP contribution in [-0.2, 0) is 6.54 Å². The quantitative estimate of drug-likeness (QED) is 0.884. The summed E-state index contributed by atoms with van der Waals surface area (Å²) in [5.41, 5.74) is 1.14. The average Bonchev–Trinajstić information content (AvgIpc) is 2.59. The molecule has 2 rings (SSSR count). The van der Waals surface area contributed by atoms with Crippen molar-refractivity contribution in [2.24, 2.45) is 0 Å². The molecular formula is C16H18N2O4. The number of hydrogen-bond acceptors (Lipinski definition) is 5. The van der Waals surface area contributed by atoms with Gasteiger partial charge in [-0.1, -0.05) is 6.07 Å². The third kappa shape index (κ3) is 3.46. The highest BCUT2D eigenvalue weighted by atomic mass is 16.5. The Labute approximate surface area is 129 Å². The standard InChI is InChI=1S/C16H18N2O4/c1-20-13-9-15(22-3)14(21-2)8-12(13)16(19)18-10-11-6-4-5-7-17-11/h4-9H,10H2,1-3H3,(H,18,19). The second-order valence-electron chi connectivity index (χ2n) is 4.41. The van der Waals surface area contributed by atoms with Crippen molar-refractivity contribution in [2.75, 3.05) is 21.3 Å². The third-order valence-corrected chi connectivity index (χ3v) is 3.11. The van der Waals surface area contributed by atoms with Gasteiger partial charge in [-0.15, -0.1) is 0 Å². The summed E-state index contributed by atoms with van der Waals surface area (Å²) in [5.74, 6) is 1.10. The summed E-state index contributed by atoms with van der Waals surface area (Å²) >= 11 is 0. The lowest BCUT2D eigenvalue weighted by Crippen LogP contribution is -2.24. The zero-order valence-electron chi connectivity index (χ0n) is 12.8. The second kappa shape index (κ2) is 7.31. The molecule has 0 spiro atoms. The van der Waals surface area contributed by atoms with Gasteiger partial charge in [0.15, 0.2) is 11.5 Å². The van der Waals surface area contributed by atoms with E-state index in [-0.39, 0.29) is 5.91 Å². The minimum Gasteiger partial charge on any atom is -0.496 e. The lowest BCUT2D eigenvalue weighted by molar-refractivity contribution is 0.0947. The van der Waals surface area contributed by atoms with E-state index in [4.69, 9.17) is 14.2 Å². The topological polar surface area (TPSA) is 69.7 Å². The van der Waals surface area contributed by atoms with E-state index in [2.05, 4.69) is 10.3 Å². The van der Waals surface area contributed by atoms with Gasteiger partial charge in [0.25, 0.3) is 5.91 Å². The van der Waals surface area contributed by atoms with Crippen LogP contribution in [0, 0.1) is 0 Å². The van der Waals surface area contributed by atoms with Crippen LogP contribution in [0.25, 0.3) is 0 Å². The number of nitrogens with zero attached hydrogens (tertiary/aromatic N) is 1. The van der Waals surface area contributed by atoms with Crippen LogP contribution in [0.1, 0.15) is 16.1 Å². The molecule has 0 fully saturated rings. The molecule has 0 atom stereocenters. The molecule has 1 aromatic heterocycles. The van der Waals surface area contributed by atoms with Crippen molar-refractivity contribution in [3.63, 3.8) is 0 Å². The molecule has 0 saturated carbocycles. The normalized spacial score (nSPS) is 9.95. The Morgan fingerprint density at radius 1 is 1.05 bits per heavy atom. The summed E-state index contributed by atoms with van der Waals surface area (Å²) < 4.78 is 15.7. The lowest BCUT2D eigenvalue weighted by Gasteiger charge is -2.14. The van der Waals surface area contributed by atoms with Crippen LogP contribution in [0.15, 0.2) is 36.5 Å². The van der Waals surface area contributed by atoms with E-state index in [1.807, 2.05) is 18.2 Å². The van der Waals surface area contributed by atoms with Crippen molar-refractivity contribution in [1.29, 1.82) is 0 Å². The first-order valence-electron chi connectivity index (χ1n) is 6.67. The van der Waals surface area contributed by atoms with E-state index in [1.165, 1.54) is 21.3 Å². The molecule has 0 bridgehead atoms. The number of pyridine rings is 1. The zero-order chi connectivity index (χ0) is 15.9. The second-order valence-corrected chi connectivity index (χ2v) is 4.41. The maximum atomic E-state index is 12.4. The fourth-order valence-electron chi connectivity index (χ4n) is 1.98. The lowest BCUT2D eigenvalue weighted by atomic mass is 10.1. The molecule has 1 N–H and O–H groups in total. The van der Waals surface area contributed by atoms with Gasteiger partial charge < -0.3 is 19.5 Å². The number of carbonyl (C=O) groups is 1. The van der Waals surface area contributed by atoms with Crippen LogP contribution in [0.2, 0.25) is 0 Å². The summed E-state index contributed by atoms with van der Waals surface area (Å²) in [6.45, 7) is 0.331. The molecular weight excluding hydrogens is 284 g/mol. The SMILES string of the molecule is COc1cc(OC)c(C(=O)NCc2ccccn2)cc1OC. The maximum absolute atomic E-state index is 12.4. The smallest absolute Gasteiger partial charge is 0.255 e. The molecule has 0 aliphatic rings. The average molecular weight is 302 g/mol. The first-order valence-corrected chi connectivity index (χ1v) is 6.67. The molecule has 0 unspecified atom stereocenters. The molecule has 6 nitrogen and oxygen atoms in total. The Bertz CT molecular complexity index is 644. The molecule has 0 radical (unpaired) electrons. The third-order valence-electron chi connectivity index (χ3n) is 3.11. The van der Waals surface area contributed by atoms with Crippen LogP contribution in [0.3, 0.4) is 0 Å². The maximum Gasteiger partial charge on any atom is 0.255 e. The fourth-order valence-corrected chi connectivity index (χ4v) is 1.98. The van der Waals surface area contributed by atoms with E-state index in [0.29, 0.717) is 29.4 Å². The van der Waals surface area contributed by atoms with E-state index < -0.39 is 0 Å². The molecule has 1 amide bonds. The van der Waals surface area contributed by atoms with Crippen molar-refractivity contribution >= 4 is 5.91 Å². The number of benzene rings is 1. The van der Waals surface area contributed by atoms with Crippen molar-refractivity contribution in [2.45, 2.75) is 6.54 Å². The largest absolute Gasteiger partial charge is 0.496 e. The van der Waals surface area contributed by atoms with Gasteiger partial charge in [0.2, 0.25) is 0 Å². The van der Waals surface area contributed by atoms with Crippen LogP contribution in [0.4, 0.5) is 0 Å². The number of nitrogens with one attached hydrogen (secondary N) is 1. The van der Waals surface area contributed by atoms with Gasteiger partial charge in [0.05, 0.1) is 39.1 Å². The Morgan fingerprint density at radius 3 is 2.32 bits per heavy atom. The molecule has 2 aromatic rings. The van der Waals surface area contributed by atoms with Gasteiger partial charge in [-0.2, -0.15) is 0 Å². The number of carbonyl (C=O) groups excluding carboxylic acids is 1. The van der Waals surface area contributed by atoms with E-state index in [1.54, 1.807) is 18.3 Å². The van der Waals surface area contributed by atoms with Crippen LogP contribution < -0.4 is 19.5 Å². The monoisotopic (exact) mass is 302 g/mol. The molecule has 0 aliphatic heterocycles. The molecule has 1 heterocycles. The van der Waals surface area contributed by atoms with Gasteiger partial charge in [0, 0.05) is 18.3 Å². The summed E-state index contributed by atoms with van der Waals surface area (Å²) in [6.07, 6.45) is 1.68. The van der Waals surface area contributed by atoms with Gasteiger partial charge in [-0.3, -0.25) is 9.78 Å². The van der Waals surface area contributed by atoms with Crippen molar-refractivity contribution in [3.05, 3.63) is 47.8 Å². The summed E-state index contributed by atoms with van der Waals surface area (Å²) in [4.78, 5) is 16.5. The Kier molecular flexibility index (Phi) is 5.19. The number of hydrogen-bond donors (Lipinski definition) is 1. The van der Waals surface area contributed by atoms with Crippen molar-refractivity contribution < 1.29 is 19.0 Å². The molecule has 0 aliphatic carbocycles. The highest BCUT2D eigenvalue weighted by Crippen LogP contribution is 2.34. The fraction of sp³-hybridized carbons (Fsp3) is 0.250. The number of methoxy groups -OCH3 is 3. The van der Waals surface area contributed by atoms with Gasteiger partial charge >= 0.3 is 0 Å². The summed E-state index contributed by atoms with van der Waals surface area (Å²) in [7, 11) is 4.54. The predicted octanol–water partition coefficient (Wildman–Crippen LogP) is 2.04. The Balaban J connectivity index is 2.21. The predicted molar refractivity (Wildman–Crippen MR) is 81.5 cm³/mol. The van der Waals surface area contributed by atoms with E-state index in [0.717, 1.165) is 5.69 Å². The first kappa shape index (κ1) is 15.6. The number of amides is 1. The van der Waals surface area contributed by atoms with Crippen molar-refractivity contribution in [1.82, 2.24) is 10.3 Å². The highest BCUT2D eigenvalue weighted by molar-refractivity contribution is 5.97. The first-order chi connectivity index (χ1) is 10.7. The van der Waals surface area contributed by atoms with Gasteiger partial charge in [-0.05, 0) is 12.1 Å².